The second kappa shape index (κ2) is 5.68. The number of aryl methyl sites for hydroxylation is 1. The van der Waals surface area contributed by atoms with Crippen LogP contribution >= 0.6 is 0 Å². The van der Waals surface area contributed by atoms with Crippen LogP contribution in [-0.4, -0.2) is 12.9 Å². The van der Waals surface area contributed by atoms with E-state index in [-0.39, 0.29) is 17.5 Å². The average molecular weight is 284 g/mol. The van der Waals surface area contributed by atoms with Crippen molar-refractivity contribution in [3.05, 3.63) is 65.0 Å². The first-order chi connectivity index (χ1) is 10.2. The van der Waals surface area contributed by atoms with E-state index in [0.29, 0.717) is 17.7 Å². The summed E-state index contributed by atoms with van der Waals surface area (Å²) in [7, 11) is 1.51. The highest BCUT2D eigenvalue weighted by molar-refractivity contribution is 6.00. The zero-order chi connectivity index (χ0) is 14.8. The predicted molar refractivity (Wildman–Crippen MR) is 79.2 cm³/mol. The SMILES string of the molecule is COc1ccc(CC2CCc3ccccc3C2=O)c(F)c1. The van der Waals surface area contributed by atoms with Crippen molar-refractivity contribution >= 4 is 5.78 Å². The summed E-state index contributed by atoms with van der Waals surface area (Å²) < 4.78 is 19.0. The van der Waals surface area contributed by atoms with E-state index in [2.05, 4.69) is 0 Å². The van der Waals surface area contributed by atoms with Crippen LogP contribution in [0.4, 0.5) is 4.39 Å². The van der Waals surface area contributed by atoms with E-state index in [4.69, 9.17) is 4.74 Å². The van der Waals surface area contributed by atoms with Gasteiger partial charge in [0.15, 0.2) is 5.78 Å². The summed E-state index contributed by atoms with van der Waals surface area (Å²) in [6.45, 7) is 0. The Balaban J connectivity index is 1.82. The lowest BCUT2D eigenvalue weighted by atomic mass is 9.80. The molecule has 0 heterocycles. The Labute approximate surface area is 123 Å². The third kappa shape index (κ3) is 2.68. The number of hydrogen-bond acceptors (Lipinski definition) is 2. The quantitative estimate of drug-likeness (QED) is 0.856. The maximum absolute atomic E-state index is 14.0. The van der Waals surface area contributed by atoms with E-state index >= 15 is 0 Å². The summed E-state index contributed by atoms with van der Waals surface area (Å²) in [5.41, 5.74) is 2.48. The molecule has 0 radical (unpaired) electrons. The molecule has 3 rings (SSSR count). The molecule has 3 heteroatoms. The first-order valence-corrected chi connectivity index (χ1v) is 7.13. The van der Waals surface area contributed by atoms with Crippen molar-refractivity contribution in [1.29, 1.82) is 0 Å². The molecule has 0 N–H and O–H groups in total. The van der Waals surface area contributed by atoms with E-state index in [0.717, 1.165) is 24.0 Å². The number of rotatable bonds is 3. The van der Waals surface area contributed by atoms with Gasteiger partial charge in [-0.3, -0.25) is 4.79 Å². The Morgan fingerprint density at radius 3 is 2.81 bits per heavy atom. The fourth-order valence-corrected chi connectivity index (χ4v) is 2.94. The molecule has 108 valence electrons. The second-order valence-electron chi connectivity index (χ2n) is 5.42. The van der Waals surface area contributed by atoms with Gasteiger partial charge in [-0.1, -0.05) is 30.3 Å². The summed E-state index contributed by atoms with van der Waals surface area (Å²) in [5.74, 6) is 0.187. The molecular formula is C18H17FO2. The normalized spacial score (nSPS) is 17.4. The molecule has 0 fully saturated rings. The van der Waals surface area contributed by atoms with Gasteiger partial charge in [-0.2, -0.15) is 0 Å². The van der Waals surface area contributed by atoms with Crippen molar-refractivity contribution < 1.29 is 13.9 Å². The molecule has 0 spiro atoms. The smallest absolute Gasteiger partial charge is 0.166 e. The minimum absolute atomic E-state index is 0.132. The van der Waals surface area contributed by atoms with Crippen molar-refractivity contribution in [3.63, 3.8) is 0 Å². The molecule has 21 heavy (non-hydrogen) atoms. The fourth-order valence-electron chi connectivity index (χ4n) is 2.94. The lowest BCUT2D eigenvalue weighted by Crippen LogP contribution is -2.24. The summed E-state index contributed by atoms with van der Waals surface area (Å²) in [5, 5.41) is 0. The van der Waals surface area contributed by atoms with Crippen LogP contribution in [0.2, 0.25) is 0 Å². The van der Waals surface area contributed by atoms with Crippen molar-refractivity contribution in [2.45, 2.75) is 19.3 Å². The summed E-state index contributed by atoms with van der Waals surface area (Å²) in [6.07, 6.45) is 2.11. The number of benzene rings is 2. The summed E-state index contributed by atoms with van der Waals surface area (Å²) >= 11 is 0. The Bertz CT molecular complexity index is 679. The molecule has 1 atom stereocenters. The first kappa shape index (κ1) is 13.8. The topological polar surface area (TPSA) is 26.3 Å². The standard InChI is InChI=1S/C18H17FO2/c1-21-15-9-8-13(17(19)11-15)10-14-7-6-12-4-2-3-5-16(12)18(14)20/h2-5,8-9,11,14H,6-7,10H2,1H3. The number of ketones is 1. The van der Waals surface area contributed by atoms with Gasteiger partial charge in [0.2, 0.25) is 0 Å². The zero-order valence-electron chi connectivity index (χ0n) is 11.9. The Morgan fingerprint density at radius 1 is 1.24 bits per heavy atom. The maximum Gasteiger partial charge on any atom is 0.166 e. The summed E-state index contributed by atoms with van der Waals surface area (Å²) in [4.78, 5) is 12.5. The zero-order valence-corrected chi connectivity index (χ0v) is 11.9. The lowest BCUT2D eigenvalue weighted by Gasteiger charge is -2.23. The van der Waals surface area contributed by atoms with E-state index in [9.17, 15) is 9.18 Å². The molecule has 1 aliphatic rings. The van der Waals surface area contributed by atoms with E-state index < -0.39 is 0 Å². The van der Waals surface area contributed by atoms with Crippen molar-refractivity contribution in [1.82, 2.24) is 0 Å². The largest absolute Gasteiger partial charge is 0.497 e. The second-order valence-corrected chi connectivity index (χ2v) is 5.42. The third-order valence-corrected chi connectivity index (χ3v) is 4.14. The van der Waals surface area contributed by atoms with Gasteiger partial charge in [0.05, 0.1) is 7.11 Å². The average Bonchev–Trinajstić information content (AvgIpc) is 2.52. The molecule has 1 aliphatic carbocycles. The van der Waals surface area contributed by atoms with Crippen LogP contribution in [0, 0.1) is 11.7 Å². The van der Waals surface area contributed by atoms with Gasteiger partial charge in [-0.25, -0.2) is 4.39 Å². The van der Waals surface area contributed by atoms with Crippen LogP contribution in [-0.2, 0) is 12.8 Å². The maximum atomic E-state index is 14.0. The number of carbonyl (C=O) groups is 1. The number of methoxy groups -OCH3 is 1. The molecule has 0 amide bonds. The highest BCUT2D eigenvalue weighted by atomic mass is 19.1. The molecule has 2 aromatic rings. The predicted octanol–water partition coefficient (Wildman–Crippen LogP) is 3.82. The minimum Gasteiger partial charge on any atom is -0.497 e. The number of hydrogen-bond donors (Lipinski definition) is 0. The number of carbonyl (C=O) groups excluding carboxylic acids is 1. The van der Waals surface area contributed by atoms with Gasteiger partial charge in [0.1, 0.15) is 11.6 Å². The van der Waals surface area contributed by atoms with Crippen molar-refractivity contribution in [2.75, 3.05) is 7.11 Å². The molecule has 0 bridgehead atoms. The van der Waals surface area contributed by atoms with Crippen LogP contribution in [0.3, 0.4) is 0 Å². The van der Waals surface area contributed by atoms with Crippen molar-refractivity contribution in [3.8, 4) is 5.75 Å². The van der Waals surface area contributed by atoms with Gasteiger partial charge in [0.25, 0.3) is 0 Å². The number of Topliss-reactive ketones (excluding diaryl/α,β-unsaturated/α-hetero) is 1. The minimum atomic E-state index is -0.305. The van der Waals surface area contributed by atoms with Crippen molar-refractivity contribution in [2.24, 2.45) is 5.92 Å². The Hall–Kier alpha value is -2.16. The summed E-state index contributed by atoms with van der Waals surface area (Å²) in [6, 6.07) is 12.5. The van der Waals surface area contributed by atoms with Crippen LogP contribution in [0.5, 0.6) is 5.75 Å². The van der Waals surface area contributed by atoms with Crippen LogP contribution < -0.4 is 4.74 Å². The molecule has 1 unspecified atom stereocenters. The van der Waals surface area contributed by atoms with E-state index in [1.807, 2.05) is 24.3 Å². The first-order valence-electron chi connectivity index (χ1n) is 7.13. The van der Waals surface area contributed by atoms with Crippen LogP contribution in [0.1, 0.15) is 27.9 Å². The molecular weight excluding hydrogens is 267 g/mol. The van der Waals surface area contributed by atoms with Gasteiger partial charge in [-0.15, -0.1) is 0 Å². The highest BCUT2D eigenvalue weighted by Crippen LogP contribution is 2.29. The van der Waals surface area contributed by atoms with Gasteiger partial charge >= 0.3 is 0 Å². The Kier molecular flexibility index (Phi) is 3.74. The number of ether oxygens (including phenoxy) is 1. The van der Waals surface area contributed by atoms with Gasteiger partial charge in [-0.05, 0) is 36.5 Å². The molecule has 2 nitrogen and oxygen atoms in total. The Morgan fingerprint density at radius 2 is 2.05 bits per heavy atom. The van der Waals surface area contributed by atoms with Gasteiger partial charge in [0, 0.05) is 17.5 Å². The van der Waals surface area contributed by atoms with E-state index in [1.54, 1.807) is 12.1 Å². The van der Waals surface area contributed by atoms with Gasteiger partial charge < -0.3 is 4.74 Å². The molecule has 0 saturated carbocycles. The number of fused-ring (bicyclic) bond motifs is 1. The third-order valence-electron chi connectivity index (χ3n) is 4.14. The highest BCUT2D eigenvalue weighted by Gasteiger charge is 2.27. The lowest BCUT2D eigenvalue weighted by molar-refractivity contribution is 0.0901. The van der Waals surface area contributed by atoms with Crippen LogP contribution in [0.15, 0.2) is 42.5 Å². The molecule has 0 saturated heterocycles. The monoisotopic (exact) mass is 284 g/mol. The molecule has 0 aliphatic heterocycles. The van der Waals surface area contributed by atoms with E-state index in [1.165, 1.54) is 13.2 Å². The number of halogens is 1. The molecule has 2 aromatic carbocycles. The fraction of sp³-hybridized carbons (Fsp3) is 0.278. The van der Waals surface area contributed by atoms with Crippen LogP contribution in [0.25, 0.3) is 0 Å². The molecule has 0 aromatic heterocycles.